The minimum absolute atomic E-state index is 0.214. The molecule has 2 unspecified atom stereocenters. The van der Waals surface area contributed by atoms with Gasteiger partial charge in [0.05, 0.1) is 19.8 Å². The summed E-state index contributed by atoms with van der Waals surface area (Å²) in [5, 5.41) is 0. The van der Waals surface area contributed by atoms with Crippen LogP contribution in [0, 0.1) is 5.92 Å². The van der Waals surface area contributed by atoms with E-state index in [9.17, 15) is 4.79 Å². The molecule has 0 spiro atoms. The van der Waals surface area contributed by atoms with Crippen LogP contribution in [-0.2, 0) is 16.1 Å². The molecule has 28 heavy (non-hydrogen) atoms. The SMILES string of the molecule is CN(C)C(=O)CN1CC2CCC(C1)N(Cc1cccc(N3CCOCC3)c1)C2. The van der Waals surface area contributed by atoms with Crippen molar-refractivity contribution in [2.75, 3.05) is 71.5 Å². The maximum atomic E-state index is 12.2. The summed E-state index contributed by atoms with van der Waals surface area (Å²) in [4.78, 5) is 21.4. The molecule has 4 aliphatic rings. The highest BCUT2D eigenvalue weighted by Crippen LogP contribution is 2.30. The molecule has 1 aromatic carbocycles. The van der Waals surface area contributed by atoms with E-state index in [-0.39, 0.29) is 5.91 Å². The molecule has 1 amide bonds. The van der Waals surface area contributed by atoms with Gasteiger partial charge in [0, 0.05) is 65.1 Å². The van der Waals surface area contributed by atoms with Crippen LogP contribution in [0.15, 0.2) is 24.3 Å². The molecule has 4 aliphatic heterocycles. The Bertz CT molecular complexity index is 674. The number of hydrogen-bond donors (Lipinski definition) is 0. The third-order valence-corrected chi connectivity index (χ3v) is 6.43. The lowest BCUT2D eigenvalue weighted by molar-refractivity contribution is -0.130. The number of amides is 1. The molecule has 0 N–H and O–H groups in total. The Kier molecular flexibility index (Phi) is 6.19. The van der Waals surface area contributed by atoms with E-state index in [1.165, 1.54) is 24.1 Å². The van der Waals surface area contributed by atoms with Gasteiger partial charge < -0.3 is 14.5 Å². The first-order valence-corrected chi connectivity index (χ1v) is 10.7. The number of carbonyl (C=O) groups is 1. The first-order chi connectivity index (χ1) is 13.6. The summed E-state index contributed by atoms with van der Waals surface area (Å²) in [5.74, 6) is 0.891. The van der Waals surface area contributed by atoms with E-state index in [4.69, 9.17) is 4.74 Å². The van der Waals surface area contributed by atoms with E-state index < -0.39 is 0 Å². The van der Waals surface area contributed by atoms with Crippen LogP contribution in [0.5, 0.6) is 0 Å². The van der Waals surface area contributed by atoms with Gasteiger partial charge in [0.15, 0.2) is 0 Å². The number of rotatable bonds is 5. The normalized spacial score (nSPS) is 26.3. The minimum atomic E-state index is 0.214. The zero-order valence-electron chi connectivity index (χ0n) is 17.3. The van der Waals surface area contributed by atoms with Crippen molar-refractivity contribution in [2.45, 2.75) is 25.4 Å². The number of anilines is 1. The number of fused-ring (bicyclic) bond motifs is 4. The molecule has 154 valence electrons. The first-order valence-electron chi connectivity index (χ1n) is 10.7. The monoisotopic (exact) mass is 386 g/mol. The fourth-order valence-corrected chi connectivity index (χ4v) is 4.84. The van der Waals surface area contributed by atoms with Gasteiger partial charge in [-0.2, -0.15) is 0 Å². The molecule has 0 radical (unpaired) electrons. The highest BCUT2D eigenvalue weighted by Gasteiger charge is 2.35. The first kappa shape index (κ1) is 19.7. The average molecular weight is 387 g/mol. The molecular formula is C22H34N4O2. The van der Waals surface area contributed by atoms with Gasteiger partial charge in [0.25, 0.3) is 0 Å². The van der Waals surface area contributed by atoms with Gasteiger partial charge in [-0.15, -0.1) is 0 Å². The van der Waals surface area contributed by atoms with Crippen molar-refractivity contribution in [3.8, 4) is 0 Å². The highest BCUT2D eigenvalue weighted by atomic mass is 16.5. The largest absolute Gasteiger partial charge is 0.378 e. The van der Waals surface area contributed by atoms with Crippen LogP contribution in [0.4, 0.5) is 5.69 Å². The standard InChI is InChI=1S/C22H34N4O2/c1-23(2)22(27)17-24-13-19-6-7-21(16-24)26(15-19)14-18-4-3-5-20(12-18)25-8-10-28-11-9-25/h3-5,12,19,21H,6-11,13-17H2,1-2H3. The summed E-state index contributed by atoms with van der Waals surface area (Å²) in [6, 6.07) is 9.59. The summed E-state index contributed by atoms with van der Waals surface area (Å²) in [6.45, 7) is 8.39. The fourth-order valence-electron chi connectivity index (χ4n) is 4.84. The van der Waals surface area contributed by atoms with Crippen LogP contribution in [0.25, 0.3) is 0 Å². The molecule has 2 bridgehead atoms. The van der Waals surface area contributed by atoms with E-state index in [1.807, 2.05) is 14.1 Å². The summed E-state index contributed by atoms with van der Waals surface area (Å²) in [5.41, 5.74) is 2.71. The number of piperidine rings is 1. The maximum Gasteiger partial charge on any atom is 0.236 e. The molecule has 5 rings (SSSR count). The van der Waals surface area contributed by atoms with Crippen LogP contribution >= 0.6 is 0 Å². The number of morpholine rings is 1. The highest BCUT2D eigenvalue weighted by molar-refractivity contribution is 5.77. The lowest BCUT2D eigenvalue weighted by atomic mass is 9.94. The Morgan fingerprint density at radius 2 is 1.96 bits per heavy atom. The number of carbonyl (C=O) groups excluding carboxylic acids is 1. The zero-order valence-corrected chi connectivity index (χ0v) is 17.3. The van der Waals surface area contributed by atoms with Crippen molar-refractivity contribution in [3.05, 3.63) is 29.8 Å². The van der Waals surface area contributed by atoms with Gasteiger partial charge in [-0.1, -0.05) is 12.1 Å². The van der Waals surface area contributed by atoms with Crippen LogP contribution in [0.1, 0.15) is 18.4 Å². The molecule has 4 fully saturated rings. The number of nitrogens with zero attached hydrogens (tertiary/aromatic N) is 4. The lowest BCUT2D eigenvalue weighted by Crippen LogP contribution is -2.44. The van der Waals surface area contributed by atoms with Gasteiger partial charge >= 0.3 is 0 Å². The van der Waals surface area contributed by atoms with Gasteiger partial charge in [0.1, 0.15) is 0 Å². The van der Waals surface area contributed by atoms with Gasteiger partial charge in [0.2, 0.25) is 5.91 Å². The van der Waals surface area contributed by atoms with Crippen molar-refractivity contribution < 1.29 is 9.53 Å². The third kappa shape index (κ3) is 4.67. The van der Waals surface area contributed by atoms with E-state index in [1.54, 1.807) is 4.90 Å². The van der Waals surface area contributed by atoms with Gasteiger partial charge in [-0.3, -0.25) is 14.6 Å². The van der Waals surface area contributed by atoms with E-state index in [0.29, 0.717) is 18.5 Å². The third-order valence-electron chi connectivity index (χ3n) is 6.43. The van der Waals surface area contributed by atoms with Crippen LogP contribution in [0.2, 0.25) is 0 Å². The average Bonchev–Trinajstić information content (AvgIpc) is 2.99. The molecular weight excluding hydrogens is 352 g/mol. The topological polar surface area (TPSA) is 39.3 Å². The predicted molar refractivity (Wildman–Crippen MR) is 112 cm³/mol. The summed E-state index contributed by atoms with van der Waals surface area (Å²) < 4.78 is 5.49. The second-order valence-electron chi connectivity index (χ2n) is 8.78. The molecule has 6 nitrogen and oxygen atoms in total. The van der Waals surface area contributed by atoms with Crippen molar-refractivity contribution in [1.29, 1.82) is 0 Å². The van der Waals surface area contributed by atoms with Crippen LogP contribution in [-0.4, -0.2) is 93.2 Å². The Labute approximate surface area is 169 Å². The van der Waals surface area contributed by atoms with E-state index in [2.05, 4.69) is 39.0 Å². The number of likely N-dealkylation sites (N-methyl/N-ethyl adjacent to an activating group) is 1. The molecule has 0 saturated carbocycles. The second-order valence-corrected chi connectivity index (χ2v) is 8.78. The number of benzene rings is 1. The number of hydrogen-bond acceptors (Lipinski definition) is 5. The summed E-state index contributed by atoms with van der Waals surface area (Å²) in [7, 11) is 3.70. The maximum absolute atomic E-state index is 12.2. The zero-order chi connectivity index (χ0) is 19.5. The van der Waals surface area contributed by atoms with Gasteiger partial charge in [-0.05, 0) is 36.5 Å². The van der Waals surface area contributed by atoms with E-state index >= 15 is 0 Å². The van der Waals surface area contributed by atoms with Crippen LogP contribution in [0.3, 0.4) is 0 Å². The predicted octanol–water partition coefficient (Wildman–Crippen LogP) is 1.51. The van der Waals surface area contributed by atoms with Crippen molar-refractivity contribution >= 4 is 11.6 Å². The Morgan fingerprint density at radius 1 is 1.14 bits per heavy atom. The Balaban J connectivity index is 1.41. The second kappa shape index (κ2) is 8.80. The summed E-state index contributed by atoms with van der Waals surface area (Å²) in [6.07, 6.45) is 2.54. The lowest BCUT2D eigenvalue weighted by Gasteiger charge is -2.36. The number of ether oxygens (including phenoxy) is 1. The Morgan fingerprint density at radius 3 is 2.75 bits per heavy atom. The van der Waals surface area contributed by atoms with Crippen molar-refractivity contribution in [2.24, 2.45) is 5.92 Å². The molecule has 1 aromatic rings. The molecule has 4 heterocycles. The fraction of sp³-hybridized carbons (Fsp3) is 0.682. The molecule has 6 heteroatoms. The van der Waals surface area contributed by atoms with Crippen LogP contribution < -0.4 is 4.90 Å². The van der Waals surface area contributed by atoms with Crippen molar-refractivity contribution in [1.82, 2.24) is 14.7 Å². The Hall–Kier alpha value is -1.63. The molecule has 0 aliphatic carbocycles. The van der Waals surface area contributed by atoms with E-state index in [0.717, 1.165) is 52.5 Å². The van der Waals surface area contributed by atoms with Gasteiger partial charge in [-0.25, -0.2) is 0 Å². The molecule has 4 saturated heterocycles. The quantitative estimate of drug-likeness (QED) is 0.767. The smallest absolute Gasteiger partial charge is 0.236 e. The molecule has 0 aromatic heterocycles. The minimum Gasteiger partial charge on any atom is -0.378 e. The molecule has 2 atom stereocenters. The van der Waals surface area contributed by atoms with Crippen molar-refractivity contribution in [3.63, 3.8) is 0 Å². The summed E-state index contributed by atoms with van der Waals surface area (Å²) >= 11 is 0.